The Balaban J connectivity index is 1.98. The first-order valence-electron chi connectivity index (χ1n) is 8.46. The molecule has 0 spiro atoms. The Morgan fingerprint density at radius 1 is 1.26 bits per heavy atom. The van der Waals surface area contributed by atoms with E-state index in [0.717, 1.165) is 36.3 Å². The number of hydrogen-bond donors (Lipinski definition) is 2. The number of rotatable bonds is 9. The van der Waals surface area contributed by atoms with Gasteiger partial charge < -0.3 is 20.1 Å². The number of nitrogens with zero attached hydrogens (tertiary/aromatic N) is 1. The van der Waals surface area contributed by atoms with Crippen LogP contribution in [-0.2, 0) is 11.3 Å². The average molecular weight is 319 g/mol. The van der Waals surface area contributed by atoms with Gasteiger partial charge >= 0.3 is 0 Å². The Morgan fingerprint density at radius 2 is 2.09 bits per heavy atom. The Morgan fingerprint density at radius 3 is 2.78 bits per heavy atom. The molecule has 0 aliphatic heterocycles. The van der Waals surface area contributed by atoms with Crippen molar-refractivity contribution in [1.29, 1.82) is 0 Å². The lowest BCUT2D eigenvalue weighted by Crippen LogP contribution is -2.38. The third-order valence-electron chi connectivity index (χ3n) is 3.77. The summed E-state index contributed by atoms with van der Waals surface area (Å²) < 4.78 is 10.9. The molecule has 1 saturated carbocycles. The molecule has 1 fully saturated rings. The molecular formula is C18H29N3O2. The first-order chi connectivity index (χ1) is 11.2. The van der Waals surface area contributed by atoms with Crippen molar-refractivity contribution < 1.29 is 9.47 Å². The van der Waals surface area contributed by atoms with Crippen LogP contribution in [0.4, 0.5) is 0 Å². The van der Waals surface area contributed by atoms with Crippen LogP contribution >= 0.6 is 0 Å². The number of benzene rings is 1. The van der Waals surface area contributed by atoms with Crippen LogP contribution in [0, 0.1) is 12.8 Å². The van der Waals surface area contributed by atoms with E-state index in [1.54, 1.807) is 7.11 Å². The Labute approximate surface area is 139 Å². The van der Waals surface area contributed by atoms with Crippen molar-refractivity contribution in [1.82, 2.24) is 10.6 Å². The van der Waals surface area contributed by atoms with Crippen LogP contribution in [0.3, 0.4) is 0 Å². The zero-order chi connectivity index (χ0) is 16.5. The lowest BCUT2D eigenvalue weighted by Gasteiger charge is -2.13. The molecule has 1 aliphatic rings. The van der Waals surface area contributed by atoms with E-state index in [0.29, 0.717) is 19.8 Å². The summed E-state index contributed by atoms with van der Waals surface area (Å²) in [6.45, 7) is 7.76. The van der Waals surface area contributed by atoms with Crippen LogP contribution in [0.5, 0.6) is 5.75 Å². The molecule has 128 valence electrons. The molecule has 1 aromatic carbocycles. The molecule has 2 N–H and O–H groups in total. The number of aryl methyl sites for hydroxylation is 1. The predicted octanol–water partition coefficient (Wildman–Crippen LogP) is 2.49. The second kappa shape index (κ2) is 9.40. The fourth-order valence-corrected chi connectivity index (χ4v) is 2.23. The highest BCUT2D eigenvalue weighted by atomic mass is 16.5. The first-order valence-corrected chi connectivity index (χ1v) is 8.46. The SMILES string of the molecule is CCNC(=NCc1ccc(C)cc1OCCOC)NCC1CC1. The lowest BCUT2D eigenvalue weighted by atomic mass is 10.1. The molecule has 0 amide bonds. The molecule has 1 aliphatic carbocycles. The number of guanidine groups is 1. The maximum atomic E-state index is 5.82. The molecule has 2 rings (SSSR count). The molecule has 23 heavy (non-hydrogen) atoms. The summed E-state index contributed by atoms with van der Waals surface area (Å²) in [4.78, 5) is 4.69. The van der Waals surface area contributed by atoms with Gasteiger partial charge in [-0.2, -0.15) is 0 Å². The molecule has 0 heterocycles. The van der Waals surface area contributed by atoms with Crippen molar-refractivity contribution in [3.8, 4) is 5.75 Å². The van der Waals surface area contributed by atoms with Crippen LogP contribution in [0.15, 0.2) is 23.2 Å². The highest BCUT2D eigenvalue weighted by molar-refractivity contribution is 5.79. The van der Waals surface area contributed by atoms with Gasteiger partial charge in [0.2, 0.25) is 0 Å². The average Bonchev–Trinajstić information content (AvgIpc) is 3.36. The van der Waals surface area contributed by atoms with Crippen molar-refractivity contribution in [2.75, 3.05) is 33.4 Å². The number of nitrogens with one attached hydrogen (secondary N) is 2. The van der Waals surface area contributed by atoms with E-state index < -0.39 is 0 Å². The van der Waals surface area contributed by atoms with Crippen LogP contribution in [0.25, 0.3) is 0 Å². The second-order valence-corrected chi connectivity index (χ2v) is 5.97. The van der Waals surface area contributed by atoms with Gasteiger partial charge in [-0.15, -0.1) is 0 Å². The zero-order valence-corrected chi connectivity index (χ0v) is 14.5. The van der Waals surface area contributed by atoms with E-state index in [-0.39, 0.29) is 0 Å². The number of aliphatic imine (C=N–C) groups is 1. The van der Waals surface area contributed by atoms with Crippen LogP contribution < -0.4 is 15.4 Å². The minimum Gasteiger partial charge on any atom is -0.491 e. The Bertz CT molecular complexity index is 513. The molecular weight excluding hydrogens is 290 g/mol. The molecule has 5 heteroatoms. The van der Waals surface area contributed by atoms with Crippen molar-refractivity contribution in [2.45, 2.75) is 33.2 Å². The fraction of sp³-hybridized carbons (Fsp3) is 0.611. The highest BCUT2D eigenvalue weighted by Gasteiger charge is 2.21. The van der Waals surface area contributed by atoms with E-state index in [2.05, 4.69) is 47.7 Å². The number of hydrogen-bond acceptors (Lipinski definition) is 3. The summed E-state index contributed by atoms with van der Waals surface area (Å²) in [6, 6.07) is 6.25. The summed E-state index contributed by atoms with van der Waals surface area (Å²) in [5.41, 5.74) is 2.28. The van der Waals surface area contributed by atoms with Crippen LogP contribution in [-0.4, -0.2) is 39.4 Å². The van der Waals surface area contributed by atoms with E-state index >= 15 is 0 Å². The lowest BCUT2D eigenvalue weighted by molar-refractivity contribution is 0.145. The minimum absolute atomic E-state index is 0.552. The van der Waals surface area contributed by atoms with Gasteiger partial charge in [0, 0.05) is 25.8 Å². The van der Waals surface area contributed by atoms with Gasteiger partial charge in [-0.25, -0.2) is 4.99 Å². The normalized spacial score (nSPS) is 14.7. The van der Waals surface area contributed by atoms with Crippen LogP contribution in [0.1, 0.15) is 30.9 Å². The third-order valence-corrected chi connectivity index (χ3v) is 3.77. The monoisotopic (exact) mass is 319 g/mol. The smallest absolute Gasteiger partial charge is 0.191 e. The fourth-order valence-electron chi connectivity index (χ4n) is 2.23. The zero-order valence-electron chi connectivity index (χ0n) is 14.5. The van der Waals surface area contributed by atoms with Crippen LogP contribution in [0.2, 0.25) is 0 Å². The summed E-state index contributed by atoms with van der Waals surface area (Å²) in [6.07, 6.45) is 2.67. The molecule has 0 aromatic heterocycles. The molecule has 0 radical (unpaired) electrons. The van der Waals surface area contributed by atoms with Crippen molar-refractivity contribution in [3.05, 3.63) is 29.3 Å². The van der Waals surface area contributed by atoms with E-state index in [9.17, 15) is 0 Å². The van der Waals surface area contributed by atoms with Gasteiger partial charge in [0.15, 0.2) is 5.96 Å². The topological polar surface area (TPSA) is 54.9 Å². The van der Waals surface area contributed by atoms with Gasteiger partial charge in [0.1, 0.15) is 12.4 Å². The van der Waals surface area contributed by atoms with Gasteiger partial charge in [-0.05, 0) is 44.2 Å². The van der Waals surface area contributed by atoms with Crippen molar-refractivity contribution in [2.24, 2.45) is 10.9 Å². The second-order valence-electron chi connectivity index (χ2n) is 5.97. The van der Waals surface area contributed by atoms with Crippen molar-refractivity contribution >= 4 is 5.96 Å². The summed E-state index contributed by atoms with van der Waals surface area (Å²) in [5.74, 6) is 2.60. The molecule has 1 aromatic rings. The largest absolute Gasteiger partial charge is 0.491 e. The molecule has 0 atom stereocenters. The van der Waals surface area contributed by atoms with Gasteiger partial charge in [0.25, 0.3) is 0 Å². The van der Waals surface area contributed by atoms with E-state index in [1.165, 1.54) is 18.4 Å². The Hall–Kier alpha value is -1.75. The van der Waals surface area contributed by atoms with E-state index in [4.69, 9.17) is 9.47 Å². The Kier molecular flexibility index (Phi) is 7.20. The molecule has 5 nitrogen and oxygen atoms in total. The first kappa shape index (κ1) is 17.6. The molecule has 0 unspecified atom stereocenters. The maximum absolute atomic E-state index is 5.82. The summed E-state index contributed by atoms with van der Waals surface area (Å²) in [7, 11) is 1.68. The third kappa shape index (κ3) is 6.48. The van der Waals surface area contributed by atoms with E-state index in [1.807, 2.05) is 0 Å². The summed E-state index contributed by atoms with van der Waals surface area (Å²) >= 11 is 0. The molecule has 0 bridgehead atoms. The van der Waals surface area contributed by atoms with Crippen molar-refractivity contribution in [3.63, 3.8) is 0 Å². The predicted molar refractivity (Wildman–Crippen MR) is 94.1 cm³/mol. The maximum Gasteiger partial charge on any atom is 0.191 e. The van der Waals surface area contributed by atoms with Gasteiger partial charge in [-0.3, -0.25) is 0 Å². The standard InChI is InChI=1S/C18H29N3O2/c1-4-19-18(20-12-15-6-7-15)21-13-16-8-5-14(2)11-17(16)23-10-9-22-3/h5,8,11,15H,4,6-7,9-10,12-13H2,1-3H3,(H2,19,20,21). The van der Waals surface area contributed by atoms with Gasteiger partial charge in [-0.1, -0.05) is 12.1 Å². The van der Waals surface area contributed by atoms with Gasteiger partial charge in [0.05, 0.1) is 13.2 Å². The number of methoxy groups -OCH3 is 1. The minimum atomic E-state index is 0.552. The number of ether oxygens (including phenoxy) is 2. The molecule has 0 saturated heterocycles. The highest BCUT2D eigenvalue weighted by Crippen LogP contribution is 2.27. The summed E-state index contributed by atoms with van der Waals surface area (Å²) in [5, 5.41) is 6.71. The quantitative estimate of drug-likeness (QED) is 0.417.